The van der Waals surface area contributed by atoms with Gasteiger partial charge >= 0.3 is 0 Å². The molecule has 35 heavy (non-hydrogen) atoms. The van der Waals surface area contributed by atoms with Crippen LogP contribution in [0, 0.1) is 12.7 Å². The largest absolute Gasteiger partial charge is 0.398 e. The first-order valence-electron chi connectivity index (χ1n) is 11.9. The van der Waals surface area contributed by atoms with E-state index < -0.39 is 0 Å². The fraction of sp³-hybridized carbons (Fsp3) is 0.385. The zero-order valence-electron chi connectivity index (χ0n) is 20.5. The molecule has 9 heteroatoms. The highest BCUT2D eigenvalue weighted by molar-refractivity contribution is 5.99. The smallest absolute Gasteiger partial charge is 0.151 e. The summed E-state index contributed by atoms with van der Waals surface area (Å²) >= 11 is 0. The number of hydrogen-bond acceptors (Lipinski definition) is 7. The highest BCUT2D eigenvalue weighted by Crippen LogP contribution is 2.24. The molecule has 0 aliphatic carbocycles. The summed E-state index contributed by atoms with van der Waals surface area (Å²) in [6, 6.07) is 8.69. The SMILES string of the molecule is C=C(/N=C(\C=C(/N)c1ccc(F)c(C)c1)N1CCN(c2ncccc2N)C[C@@H]1C)N1CCOCC1. The quantitative estimate of drug-likeness (QED) is 0.503. The summed E-state index contributed by atoms with van der Waals surface area (Å²) in [6.45, 7) is 13.0. The highest BCUT2D eigenvalue weighted by atomic mass is 19.1. The number of anilines is 2. The van der Waals surface area contributed by atoms with Crippen LogP contribution in [0.25, 0.3) is 5.70 Å². The topological polar surface area (TPSA) is 96.2 Å². The van der Waals surface area contributed by atoms with Crippen LogP contribution in [0.4, 0.5) is 15.9 Å². The van der Waals surface area contributed by atoms with E-state index in [1.807, 2.05) is 18.2 Å². The molecule has 0 unspecified atom stereocenters. The van der Waals surface area contributed by atoms with Gasteiger partial charge < -0.3 is 30.9 Å². The number of rotatable bonds is 5. The average molecular weight is 480 g/mol. The first-order chi connectivity index (χ1) is 16.8. The van der Waals surface area contributed by atoms with E-state index in [4.69, 9.17) is 21.2 Å². The van der Waals surface area contributed by atoms with Crippen LogP contribution < -0.4 is 16.4 Å². The number of aromatic nitrogens is 1. The van der Waals surface area contributed by atoms with Gasteiger partial charge in [-0.05, 0) is 55.3 Å². The number of halogens is 1. The average Bonchev–Trinajstić information content (AvgIpc) is 2.86. The Bertz CT molecular complexity index is 1130. The lowest BCUT2D eigenvalue weighted by molar-refractivity contribution is 0.0533. The van der Waals surface area contributed by atoms with Gasteiger partial charge in [0.15, 0.2) is 5.82 Å². The van der Waals surface area contributed by atoms with E-state index in [2.05, 4.69) is 33.2 Å². The maximum absolute atomic E-state index is 13.8. The number of ether oxygens (including phenoxy) is 1. The normalized spacial score (nSPS) is 19.7. The number of morpholine rings is 1. The summed E-state index contributed by atoms with van der Waals surface area (Å²) in [5, 5.41) is 0. The second kappa shape index (κ2) is 10.8. The molecule has 0 amide bonds. The molecule has 4 rings (SSSR count). The number of benzene rings is 1. The van der Waals surface area contributed by atoms with Crippen molar-refractivity contribution in [1.29, 1.82) is 0 Å². The predicted molar refractivity (Wildman–Crippen MR) is 139 cm³/mol. The fourth-order valence-corrected chi connectivity index (χ4v) is 4.41. The maximum Gasteiger partial charge on any atom is 0.151 e. The Kier molecular flexibility index (Phi) is 7.55. The van der Waals surface area contributed by atoms with Crippen molar-refractivity contribution >= 4 is 23.0 Å². The standard InChI is InChI=1S/C26H34FN7O/c1-18-15-21(6-7-22(18)27)24(29)16-25(31-20(3)32-11-13-35-14-12-32)34-10-9-33(17-19(34)2)26-23(28)5-4-8-30-26/h4-8,15-16,19H,3,9-14,17,28-29H2,1-2H3/b24-16-,31-25+/t19-/m0/s1. The Labute approximate surface area is 206 Å². The van der Waals surface area contributed by atoms with Gasteiger partial charge in [0.25, 0.3) is 0 Å². The number of nitrogen functional groups attached to an aromatic ring is 1. The Balaban J connectivity index is 1.62. The van der Waals surface area contributed by atoms with E-state index in [1.165, 1.54) is 6.07 Å². The van der Waals surface area contributed by atoms with Gasteiger partial charge in [0, 0.05) is 56.7 Å². The molecule has 2 aliphatic heterocycles. The summed E-state index contributed by atoms with van der Waals surface area (Å²) in [5.41, 5.74) is 15.1. The molecule has 2 aromatic rings. The fourth-order valence-electron chi connectivity index (χ4n) is 4.41. The molecule has 0 spiro atoms. The highest BCUT2D eigenvalue weighted by Gasteiger charge is 2.28. The van der Waals surface area contributed by atoms with Crippen LogP contribution in [-0.2, 0) is 4.74 Å². The van der Waals surface area contributed by atoms with Crippen LogP contribution in [0.2, 0.25) is 0 Å². The molecule has 1 aromatic heterocycles. The summed E-state index contributed by atoms with van der Waals surface area (Å²) in [4.78, 5) is 15.9. The van der Waals surface area contributed by atoms with Crippen LogP contribution >= 0.6 is 0 Å². The number of amidine groups is 1. The van der Waals surface area contributed by atoms with Crippen LogP contribution in [0.3, 0.4) is 0 Å². The van der Waals surface area contributed by atoms with Gasteiger partial charge in [-0.1, -0.05) is 6.58 Å². The molecule has 3 heterocycles. The molecule has 0 saturated carbocycles. The van der Waals surface area contributed by atoms with Gasteiger partial charge in [0.1, 0.15) is 17.5 Å². The molecule has 2 aliphatic rings. The second-order valence-corrected chi connectivity index (χ2v) is 8.95. The Hall–Kier alpha value is -3.59. The lowest BCUT2D eigenvalue weighted by Gasteiger charge is -2.42. The van der Waals surface area contributed by atoms with Gasteiger partial charge in [-0.25, -0.2) is 14.4 Å². The molecular formula is C26H34FN7O. The lowest BCUT2D eigenvalue weighted by Crippen LogP contribution is -2.54. The minimum atomic E-state index is -0.255. The van der Waals surface area contributed by atoms with Gasteiger partial charge in [0.2, 0.25) is 0 Å². The minimum Gasteiger partial charge on any atom is -0.398 e. The predicted octanol–water partition coefficient (Wildman–Crippen LogP) is 2.82. The molecule has 1 aromatic carbocycles. The number of pyridine rings is 1. The molecule has 2 saturated heterocycles. The third kappa shape index (κ3) is 5.74. The van der Waals surface area contributed by atoms with Crippen LogP contribution in [0.1, 0.15) is 18.1 Å². The van der Waals surface area contributed by atoms with Gasteiger partial charge in [-0.3, -0.25) is 0 Å². The molecule has 8 nitrogen and oxygen atoms in total. The Morgan fingerprint density at radius 3 is 2.69 bits per heavy atom. The van der Waals surface area contributed by atoms with Gasteiger partial charge in [-0.2, -0.15) is 0 Å². The van der Waals surface area contributed by atoms with Crippen molar-refractivity contribution < 1.29 is 9.13 Å². The number of hydrogen-bond donors (Lipinski definition) is 2. The molecule has 1 atom stereocenters. The van der Waals surface area contributed by atoms with Crippen molar-refractivity contribution in [3.8, 4) is 0 Å². The van der Waals surface area contributed by atoms with E-state index in [9.17, 15) is 4.39 Å². The lowest BCUT2D eigenvalue weighted by atomic mass is 10.1. The Morgan fingerprint density at radius 1 is 1.23 bits per heavy atom. The van der Waals surface area contributed by atoms with Crippen molar-refractivity contribution in [2.45, 2.75) is 19.9 Å². The zero-order valence-corrected chi connectivity index (χ0v) is 20.5. The number of aryl methyl sites for hydroxylation is 1. The molecule has 0 radical (unpaired) electrons. The van der Waals surface area contributed by atoms with E-state index in [1.54, 1.807) is 25.3 Å². The van der Waals surface area contributed by atoms with Crippen molar-refractivity contribution in [2.75, 3.05) is 56.6 Å². The van der Waals surface area contributed by atoms with Crippen molar-refractivity contribution in [1.82, 2.24) is 14.8 Å². The molecular weight excluding hydrogens is 445 g/mol. The van der Waals surface area contributed by atoms with E-state index in [0.29, 0.717) is 42.5 Å². The second-order valence-electron chi connectivity index (χ2n) is 8.95. The summed E-state index contributed by atoms with van der Waals surface area (Å²) in [5.74, 6) is 1.94. The van der Waals surface area contributed by atoms with Crippen LogP contribution in [0.5, 0.6) is 0 Å². The molecule has 4 N–H and O–H groups in total. The van der Waals surface area contributed by atoms with Crippen molar-refractivity contribution in [3.63, 3.8) is 0 Å². The third-order valence-corrected chi connectivity index (χ3v) is 6.43. The molecule has 186 valence electrons. The van der Waals surface area contributed by atoms with Crippen LogP contribution in [-0.4, -0.2) is 72.6 Å². The third-order valence-electron chi connectivity index (χ3n) is 6.43. The monoisotopic (exact) mass is 479 g/mol. The van der Waals surface area contributed by atoms with Gasteiger partial charge in [-0.15, -0.1) is 0 Å². The maximum atomic E-state index is 13.8. The van der Waals surface area contributed by atoms with Crippen molar-refractivity contribution in [3.05, 3.63) is 71.9 Å². The zero-order chi connectivity index (χ0) is 24.9. The van der Waals surface area contributed by atoms with Gasteiger partial charge in [0.05, 0.1) is 18.9 Å². The van der Waals surface area contributed by atoms with E-state index >= 15 is 0 Å². The first kappa shape index (κ1) is 24.5. The summed E-state index contributed by atoms with van der Waals surface area (Å²) in [7, 11) is 0. The molecule has 0 bridgehead atoms. The minimum absolute atomic E-state index is 0.111. The number of nitrogens with two attached hydrogens (primary N) is 2. The Morgan fingerprint density at radius 2 is 2.00 bits per heavy atom. The van der Waals surface area contributed by atoms with Crippen LogP contribution in [0.15, 0.2) is 60.0 Å². The first-order valence-corrected chi connectivity index (χ1v) is 11.9. The van der Waals surface area contributed by atoms with E-state index in [0.717, 1.165) is 43.4 Å². The number of piperazine rings is 1. The summed E-state index contributed by atoms with van der Waals surface area (Å²) in [6.07, 6.45) is 3.62. The van der Waals surface area contributed by atoms with E-state index in [-0.39, 0.29) is 11.9 Å². The summed E-state index contributed by atoms with van der Waals surface area (Å²) < 4.78 is 19.3. The number of nitrogens with zero attached hydrogens (tertiary/aromatic N) is 5. The molecule has 2 fully saturated rings. The van der Waals surface area contributed by atoms with Crippen molar-refractivity contribution in [2.24, 2.45) is 10.7 Å². The number of aliphatic imine (C=N–C) groups is 1.